The van der Waals surface area contributed by atoms with E-state index in [1.54, 1.807) is 23.1 Å². The van der Waals surface area contributed by atoms with E-state index < -0.39 is 5.60 Å². The molecule has 1 fully saturated rings. The third kappa shape index (κ3) is 4.45. The van der Waals surface area contributed by atoms with E-state index in [4.69, 9.17) is 9.97 Å². The van der Waals surface area contributed by atoms with Crippen LogP contribution in [-0.4, -0.2) is 57.2 Å². The van der Waals surface area contributed by atoms with E-state index >= 15 is 0 Å². The monoisotopic (exact) mass is 380 g/mol. The largest absolute Gasteiger partial charge is 0.387 e. The van der Waals surface area contributed by atoms with Crippen molar-refractivity contribution in [1.82, 2.24) is 14.9 Å². The van der Waals surface area contributed by atoms with E-state index in [2.05, 4.69) is 24.1 Å². The summed E-state index contributed by atoms with van der Waals surface area (Å²) >= 11 is 3.38. The Balaban J connectivity index is 1.90. The average molecular weight is 381 g/mol. The number of hydrogen-bond donors (Lipinski definition) is 2. The van der Waals surface area contributed by atoms with Crippen molar-refractivity contribution in [1.29, 1.82) is 0 Å². The number of rotatable bonds is 7. The lowest BCUT2D eigenvalue weighted by molar-refractivity contribution is 0.0996. The number of aromatic nitrogens is 2. The normalized spacial score (nSPS) is 18.0. The quantitative estimate of drug-likeness (QED) is 0.767. The van der Waals surface area contributed by atoms with Gasteiger partial charge in [0.25, 0.3) is 0 Å². The van der Waals surface area contributed by atoms with Crippen molar-refractivity contribution < 1.29 is 5.11 Å². The van der Waals surface area contributed by atoms with Crippen LogP contribution in [0.1, 0.15) is 36.0 Å². The molecular weight excluding hydrogens is 352 g/mol. The number of anilines is 1. The first-order chi connectivity index (χ1) is 11.9. The summed E-state index contributed by atoms with van der Waals surface area (Å²) in [5, 5.41) is 15.0. The van der Waals surface area contributed by atoms with Crippen LogP contribution in [0.4, 0.5) is 5.82 Å². The molecular formula is C18H28N4OS2. The van der Waals surface area contributed by atoms with Crippen LogP contribution in [0.3, 0.4) is 0 Å². The molecule has 1 unspecified atom stereocenters. The van der Waals surface area contributed by atoms with Crippen molar-refractivity contribution in [3.63, 3.8) is 0 Å². The molecule has 0 saturated carbocycles. The van der Waals surface area contributed by atoms with Gasteiger partial charge < -0.3 is 10.4 Å². The first-order valence-electron chi connectivity index (χ1n) is 8.84. The Morgan fingerprint density at radius 1 is 1.28 bits per heavy atom. The van der Waals surface area contributed by atoms with Crippen molar-refractivity contribution >= 4 is 39.1 Å². The Hall–Kier alpha value is -0.890. The van der Waals surface area contributed by atoms with Crippen LogP contribution in [-0.2, 0) is 6.54 Å². The Bertz CT molecular complexity index is 738. The molecule has 1 saturated heterocycles. The average Bonchev–Trinajstić information content (AvgIpc) is 3.14. The number of nitrogens with one attached hydrogen (secondary N) is 1. The molecule has 0 radical (unpaired) electrons. The fourth-order valence-corrected chi connectivity index (χ4v) is 5.04. The minimum absolute atomic E-state index is 0.484. The first kappa shape index (κ1) is 18.9. The van der Waals surface area contributed by atoms with E-state index in [1.165, 1.54) is 23.3 Å². The number of hydrogen-bond acceptors (Lipinski definition) is 7. The Morgan fingerprint density at radius 3 is 2.68 bits per heavy atom. The summed E-state index contributed by atoms with van der Waals surface area (Å²) in [5.41, 5.74) is 0.477. The van der Waals surface area contributed by atoms with Crippen molar-refractivity contribution in [2.24, 2.45) is 0 Å². The van der Waals surface area contributed by atoms with Gasteiger partial charge in [0.05, 0.1) is 17.5 Å². The van der Waals surface area contributed by atoms with Crippen LogP contribution in [0, 0.1) is 13.8 Å². The number of likely N-dealkylation sites (tertiary alicyclic amines) is 1. The van der Waals surface area contributed by atoms with E-state index in [0.29, 0.717) is 12.3 Å². The number of aryl methyl sites for hydroxylation is 2. The van der Waals surface area contributed by atoms with Gasteiger partial charge >= 0.3 is 0 Å². The number of fused-ring (bicyclic) bond motifs is 1. The highest BCUT2D eigenvalue weighted by molar-refractivity contribution is 7.98. The maximum absolute atomic E-state index is 10.5. The van der Waals surface area contributed by atoms with Gasteiger partial charge in [0, 0.05) is 17.2 Å². The van der Waals surface area contributed by atoms with Gasteiger partial charge in [-0.3, -0.25) is 4.90 Å². The van der Waals surface area contributed by atoms with Crippen molar-refractivity contribution in [2.75, 3.05) is 37.0 Å². The van der Waals surface area contributed by atoms with Gasteiger partial charge in [-0.25, -0.2) is 9.97 Å². The van der Waals surface area contributed by atoms with Gasteiger partial charge in [-0.15, -0.1) is 11.3 Å². The smallest absolute Gasteiger partial charge is 0.146 e. The molecule has 0 aliphatic carbocycles. The van der Waals surface area contributed by atoms with Crippen LogP contribution in [0.2, 0.25) is 0 Å². The number of thioether (sulfide) groups is 1. The van der Waals surface area contributed by atoms with Crippen LogP contribution < -0.4 is 5.32 Å². The summed E-state index contributed by atoms with van der Waals surface area (Å²) in [4.78, 5) is 14.4. The van der Waals surface area contributed by atoms with Crippen molar-refractivity contribution in [3.8, 4) is 0 Å². The molecule has 2 aromatic heterocycles. The minimum atomic E-state index is -0.759. The maximum atomic E-state index is 10.5. The van der Waals surface area contributed by atoms with E-state index in [1.807, 2.05) is 13.2 Å². The zero-order valence-corrected chi connectivity index (χ0v) is 17.2. The molecule has 3 rings (SSSR count). The Labute approximate surface area is 158 Å². The lowest BCUT2D eigenvalue weighted by atomic mass is 10.1. The lowest BCUT2D eigenvalue weighted by Crippen LogP contribution is -2.36. The zero-order valence-electron chi connectivity index (χ0n) is 15.6. The SMILES string of the molecule is CSCC(C)(O)CNc1nc(CN2CCCC2)nc2sc(C)c(C)c12. The summed E-state index contributed by atoms with van der Waals surface area (Å²) in [6, 6.07) is 0. The molecule has 5 nitrogen and oxygen atoms in total. The Kier molecular flexibility index (Phi) is 5.88. The fraction of sp³-hybridized carbons (Fsp3) is 0.667. The number of thiophene rings is 1. The lowest BCUT2D eigenvalue weighted by Gasteiger charge is -2.23. The van der Waals surface area contributed by atoms with Crippen molar-refractivity contribution in [2.45, 2.75) is 45.8 Å². The molecule has 7 heteroatoms. The van der Waals surface area contributed by atoms with Crippen LogP contribution >= 0.6 is 23.1 Å². The molecule has 1 atom stereocenters. The fourth-order valence-electron chi connectivity index (χ4n) is 3.27. The van der Waals surface area contributed by atoms with Gasteiger partial charge in [0.1, 0.15) is 16.5 Å². The number of nitrogens with zero attached hydrogens (tertiary/aromatic N) is 3. The molecule has 0 bridgehead atoms. The van der Waals surface area contributed by atoms with E-state index in [0.717, 1.165) is 41.5 Å². The first-order valence-corrected chi connectivity index (χ1v) is 11.0. The number of aliphatic hydroxyl groups is 1. The predicted octanol–water partition coefficient (Wildman–Crippen LogP) is 3.43. The third-order valence-corrected chi connectivity index (χ3v) is 6.74. The topological polar surface area (TPSA) is 61.3 Å². The molecule has 0 aromatic carbocycles. The summed E-state index contributed by atoms with van der Waals surface area (Å²) in [5.74, 6) is 2.43. The molecule has 2 N–H and O–H groups in total. The van der Waals surface area contributed by atoms with Crippen LogP contribution in [0.5, 0.6) is 0 Å². The standard InChI is InChI=1S/C18H28N4OS2/c1-12-13(2)25-17-15(12)16(19-10-18(3,23)11-24-4)20-14(21-17)9-22-7-5-6-8-22/h23H,5-11H2,1-4H3,(H,19,20,21). The zero-order chi connectivity index (χ0) is 18.0. The summed E-state index contributed by atoms with van der Waals surface area (Å²) in [6.07, 6.45) is 4.54. The summed E-state index contributed by atoms with van der Waals surface area (Å²) in [7, 11) is 0. The van der Waals surface area contributed by atoms with Gasteiger partial charge in [-0.2, -0.15) is 11.8 Å². The van der Waals surface area contributed by atoms with Gasteiger partial charge in [-0.05, 0) is 58.5 Å². The van der Waals surface area contributed by atoms with E-state index in [9.17, 15) is 5.11 Å². The highest BCUT2D eigenvalue weighted by atomic mass is 32.2. The second-order valence-electron chi connectivity index (χ2n) is 7.22. The van der Waals surface area contributed by atoms with Crippen LogP contribution in [0.25, 0.3) is 10.2 Å². The highest BCUT2D eigenvalue weighted by Gasteiger charge is 2.22. The molecule has 25 heavy (non-hydrogen) atoms. The molecule has 0 amide bonds. The van der Waals surface area contributed by atoms with Gasteiger partial charge in [0.2, 0.25) is 0 Å². The van der Waals surface area contributed by atoms with Gasteiger partial charge in [-0.1, -0.05) is 0 Å². The Morgan fingerprint density at radius 2 is 2.00 bits per heavy atom. The second kappa shape index (κ2) is 7.78. The third-order valence-electron chi connectivity index (χ3n) is 4.73. The molecule has 1 aliphatic heterocycles. The highest BCUT2D eigenvalue weighted by Crippen LogP contribution is 2.33. The maximum Gasteiger partial charge on any atom is 0.146 e. The second-order valence-corrected chi connectivity index (χ2v) is 9.29. The van der Waals surface area contributed by atoms with Gasteiger partial charge in [0.15, 0.2) is 0 Å². The molecule has 2 aromatic rings. The molecule has 0 spiro atoms. The van der Waals surface area contributed by atoms with Crippen LogP contribution in [0.15, 0.2) is 0 Å². The molecule has 3 heterocycles. The molecule has 138 valence electrons. The summed E-state index contributed by atoms with van der Waals surface area (Å²) in [6.45, 7) is 9.69. The van der Waals surface area contributed by atoms with Crippen molar-refractivity contribution in [3.05, 3.63) is 16.3 Å². The van der Waals surface area contributed by atoms with E-state index in [-0.39, 0.29) is 0 Å². The predicted molar refractivity (Wildman–Crippen MR) is 109 cm³/mol. The minimum Gasteiger partial charge on any atom is -0.387 e. The molecule has 1 aliphatic rings. The summed E-state index contributed by atoms with van der Waals surface area (Å²) < 4.78 is 0.